The lowest BCUT2D eigenvalue weighted by Gasteiger charge is -2.47. The Labute approximate surface area is 155 Å². The lowest BCUT2D eigenvalue weighted by Crippen LogP contribution is -2.43. The van der Waals surface area contributed by atoms with Gasteiger partial charge in [0.25, 0.3) is 0 Å². The highest BCUT2D eigenvalue weighted by molar-refractivity contribution is 5.75. The van der Waals surface area contributed by atoms with Crippen LogP contribution >= 0.6 is 0 Å². The lowest BCUT2D eigenvalue weighted by atomic mass is 9.57. The molecule has 0 radical (unpaired) electrons. The molecule has 7 aliphatic rings. The topological polar surface area (TPSA) is 17.1 Å². The van der Waals surface area contributed by atoms with Crippen molar-refractivity contribution in [3.63, 3.8) is 0 Å². The van der Waals surface area contributed by atoms with Gasteiger partial charge in [-0.05, 0) is 114 Å². The number of hydrogen-bond acceptors (Lipinski definition) is 1. The smallest absolute Gasteiger partial charge is 0.150 e. The van der Waals surface area contributed by atoms with Gasteiger partial charge in [-0.25, -0.2) is 0 Å². The van der Waals surface area contributed by atoms with Gasteiger partial charge in [0.15, 0.2) is 0 Å². The first-order valence-electron chi connectivity index (χ1n) is 11.1. The van der Waals surface area contributed by atoms with Crippen molar-refractivity contribution in [3.8, 4) is 0 Å². The maximum Gasteiger partial charge on any atom is 0.150 e. The van der Waals surface area contributed by atoms with Crippen molar-refractivity contribution in [1.29, 1.82) is 0 Å². The summed E-state index contributed by atoms with van der Waals surface area (Å²) in [5, 5.41) is 0. The third-order valence-electron chi connectivity index (χ3n) is 10.7. The highest BCUT2D eigenvalue weighted by atomic mass is 16.1. The van der Waals surface area contributed by atoms with Gasteiger partial charge in [-0.15, -0.1) is 0 Å². The van der Waals surface area contributed by atoms with Crippen LogP contribution < -0.4 is 0 Å². The first-order valence-corrected chi connectivity index (χ1v) is 11.1. The van der Waals surface area contributed by atoms with Crippen molar-refractivity contribution in [3.05, 3.63) is 47.0 Å². The summed E-state index contributed by atoms with van der Waals surface area (Å²) in [6.45, 7) is 0. The third kappa shape index (κ3) is 1.29. The molecule has 0 amide bonds. The fourth-order valence-corrected chi connectivity index (χ4v) is 10.6. The Morgan fingerprint density at radius 2 is 1.50 bits per heavy atom. The Hall–Kier alpha value is -1.37. The van der Waals surface area contributed by atoms with Crippen LogP contribution in [-0.2, 0) is 6.42 Å². The zero-order valence-corrected chi connectivity index (χ0v) is 15.1. The van der Waals surface area contributed by atoms with Crippen molar-refractivity contribution in [1.82, 2.24) is 0 Å². The fraction of sp³-hybridized carbons (Fsp3) is 0.640. The van der Waals surface area contributed by atoms with Crippen LogP contribution in [0.15, 0.2) is 30.4 Å². The standard InChI is InChI=1S/C25H26O/c26-10-11-1-4-15-14(5-11)7-16-17-8-20(23(15)16)25-19-9-18(24(17)25)21-12-2-3-13(6-12)22(19)21/h1-5,10,12-13,16-25H,6-9H2. The monoisotopic (exact) mass is 342 g/mol. The number of benzene rings is 1. The molecule has 1 aromatic rings. The van der Waals surface area contributed by atoms with E-state index in [1.54, 1.807) is 12.0 Å². The molecule has 132 valence electrons. The fourth-order valence-electron chi connectivity index (χ4n) is 10.6. The molecule has 26 heavy (non-hydrogen) atoms. The summed E-state index contributed by atoms with van der Waals surface area (Å²) in [6.07, 6.45) is 12.1. The number of aldehydes is 1. The second kappa shape index (κ2) is 4.21. The van der Waals surface area contributed by atoms with Crippen molar-refractivity contribution < 1.29 is 4.79 Å². The Bertz CT molecular complexity index is 882. The minimum Gasteiger partial charge on any atom is -0.298 e. The quantitative estimate of drug-likeness (QED) is 0.410. The van der Waals surface area contributed by atoms with Crippen molar-refractivity contribution >= 4 is 6.29 Å². The third-order valence-corrected chi connectivity index (χ3v) is 10.7. The van der Waals surface area contributed by atoms with E-state index in [1.165, 1.54) is 24.8 Å². The van der Waals surface area contributed by atoms with Gasteiger partial charge in [-0.1, -0.05) is 24.3 Å². The molecular formula is C25H26O. The van der Waals surface area contributed by atoms with E-state index in [9.17, 15) is 4.79 Å². The molecule has 5 saturated carbocycles. The predicted octanol–water partition coefficient (Wildman–Crippen LogP) is 4.73. The summed E-state index contributed by atoms with van der Waals surface area (Å²) in [4.78, 5) is 11.2. The lowest BCUT2D eigenvalue weighted by molar-refractivity contribution is 0.0229. The van der Waals surface area contributed by atoms with E-state index in [0.717, 1.165) is 82.9 Å². The molecule has 7 aliphatic carbocycles. The molecule has 5 fully saturated rings. The minimum atomic E-state index is 0.837. The van der Waals surface area contributed by atoms with E-state index >= 15 is 0 Å². The molecule has 12 unspecified atom stereocenters. The Kier molecular flexibility index (Phi) is 2.22. The summed E-state index contributed by atoms with van der Waals surface area (Å²) in [5.74, 6) is 12.0. The molecule has 0 aliphatic heterocycles. The van der Waals surface area contributed by atoms with E-state index in [-0.39, 0.29) is 0 Å². The van der Waals surface area contributed by atoms with Crippen LogP contribution in [0.25, 0.3) is 0 Å². The van der Waals surface area contributed by atoms with Crippen LogP contribution in [0.5, 0.6) is 0 Å². The molecular weight excluding hydrogens is 316 g/mol. The van der Waals surface area contributed by atoms with Crippen molar-refractivity contribution in [2.45, 2.75) is 31.6 Å². The van der Waals surface area contributed by atoms with E-state index < -0.39 is 0 Å². The van der Waals surface area contributed by atoms with E-state index in [1.807, 2.05) is 0 Å². The van der Waals surface area contributed by atoms with Gasteiger partial charge in [0.05, 0.1) is 0 Å². The van der Waals surface area contributed by atoms with Gasteiger partial charge in [0.2, 0.25) is 0 Å². The SMILES string of the molecule is O=Cc1ccc2c(c1)CC1C3CC(C21)C1C2CC(C4C5C=CC(C5)C24)C31. The zero-order chi connectivity index (χ0) is 16.7. The molecule has 8 rings (SSSR count). The number of hydrogen-bond donors (Lipinski definition) is 0. The van der Waals surface area contributed by atoms with Gasteiger partial charge in [0.1, 0.15) is 6.29 Å². The van der Waals surface area contributed by atoms with Crippen molar-refractivity contribution in [2.75, 3.05) is 0 Å². The maximum absolute atomic E-state index is 11.2. The average molecular weight is 342 g/mol. The van der Waals surface area contributed by atoms with Crippen molar-refractivity contribution in [2.24, 2.45) is 65.1 Å². The minimum absolute atomic E-state index is 0.837. The highest BCUT2D eigenvalue weighted by Gasteiger charge is 2.73. The van der Waals surface area contributed by atoms with Crippen LogP contribution in [0, 0.1) is 65.1 Å². The summed E-state index contributed by atoms with van der Waals surface area (Å²) in [5.41, 5.74) is 4.04. The molecule has 0 N–H and O–H groups in total. The van der Waals surface area contributed by atoms with E-state index in [2.05, 4.69) is 30.4 Å². The molecule has 1 aromatic carbocycles. The maximum atomic E-state index is 11.2. The van der Waals surface area contributed by atoms with Crippen LogP contribution in [0.1, 0.15) is 46.7 Å². The highest BCUT2D eigenvalue weighted by Crippen LogP contribution is 2.79. The molecule has 12 atom stereocenters. The van der Waals surface area contributed by atoms with E-state index in [4.69, 9.17) is 0 Å². The predicted molar refractivity (Wildman–Crippen MR) is 99.7 cm³/mol. The number of carbonyl (C=O) groups is 1. The Balaban J connectivity index is 1.22. The van der Waals surface area contributed by atoms with Crippen LogP contribution in [0.2, 0.25) is 0 Å². The van der Waals surface area contributed by atoms with E-state index in [0.29, 0.717) is 0 Å². The Morgan fingerprint density at radius 1 is 0.769 bits per heavy atom. The average Bonchev–Trinajstić information content (AvgIpc) is 3.48. The molecule has 1 nitrogen and oxygen atoms in total. The van der Waals surface area contributed by atoms with Crippen LogP contribution in [0.3, 0.4) is 0 Å². The molecule has 0 saturated heterocycles. The normalized spacial score (nSPS) is 58.2. The first kappa shape index (κ1) is 13.7. The number of rotatable bonds is 1. The summed E-state index contributed by atoms with van der Waals surface area (Å²) in [6, 6.07) is 6.62. The molecule has 0 spiro atoms. The summed E-state index contributed by atoms with van der Waals surface area (Å²) >= 11 is 0. The van der Waals surface area contributed by atoms with Gasteiger partial charge in [0, 0.05) is 5.56 Å². The first-order chi connectivity index (χ1) is 12.8. The van der Waals surface area contributed by atoms with Crippen LogP contribution in [-0.4, -0.2) is 6.29 Å². The summed E-state index contributed by atoms with van der Waals surface area (Å²) in [7, 11) is 0. The second-order valence-corrected chi connectivity index (χ2v) is 10.9. The van der Waals surface area contributed by atoms with Gasteiger partial charge < -0.3 is 0 Å². The Morgan fingerprint density at radius 3 is 2.27 bits per heavy atom. The van der Waals surface area contributed by atoms with Gasteiger partial charge in [-0.2, -0.15) is 0 Å². The van der Waals surface area contributed by atoms with Crippen LogP contribution in [0.4, 0.5) is 0 Å². The number of carbonyl (C=O) groups excluding carboxylic acids is 1. The number of allylic oxidation sites excluding steroid dienone is 2. The molecule has 1 heteroatoms. The second-order valence-electron chi connectivity index (χ2n) is 10.9. The summed E-state index contributed by atoms with van der Waals surface area (Å²) < 4.78 is 0. The molecule has 6 bridgehead atoms. The molecule has 0 heterocycles. The largest absolute Gasteiger partial charge is 0.298 e. The van der Waals surface area contributed by atoms with Gasteiger partial charge >= 0.3 is 0 Å². The molecule has 0 aromatic heterocycles. The van der Waals surface area contributed by atoms with Gasteiger partial charge in [-0.3, -0.25) is 4.79 Å². The zero-order valence-electron chi connectivity index (χ0n) is 15.1. The number of fused-ring (bicyclic) bond motifs is 21.